The molecule has 1 aromatic rings. The van der Waals surface area contributed by atoms with Crippen LogP contribution in [-0.4, -0.2) is 24.9 Å². The van der Waals surface area contributed by atoms with E-state index in [0.29, 0.717) is 0 Å². The summed E-state index contributed by atoms with van der Waals surface area (Å²) in [5, 5.41) is 2.83. The summed E-state index contributed by atoms with van der Waals surface area (Å²) in [6.07, 6.45) is 2.05. The fourth-order valence-corrected chi connectivity index (χ4v) is 1.73. The van der Waals surface area contributed by atoms with Gasteiger partial charge in [0.15, 0.2) is 0 Å². The highest BCUT2D eigenvalue weighted by molar-refractivity contribution is 7.98. The number of hydrogen-bond acceptors (Lipinski definition) is 3. The maximum absolute atomic E-state index is 11.5. The molecule has 0 aromatic heterocycles. The van der Waals surface area contributed by atoms with E-state index in [4.69, 9.17) is 4.74 Å². The molecule has 1 rings (SSSR count). The van der Waals surface area contributed by atoms with Crippen molar-refractivity contribution in [3.8, 4) is 0 Å². The maximum Gasteiger partial charge on any atom is 0.250 e. The zero-order valence-corrected chi connectivity index (χ0v) is 10.6. The van der Waals surface area contributed by atoms with Gasteiger partial charge in [0.25, 0.3) is 0 Å². The average Bonchev–Trinajstić information content (AvgIpc) is 2.27. The van der Waals surface area contributed by atoms with E-state index >= 15 is 0 Å². The highest BCUT2D eigenvalue weighted by atomic mass is 32.2. The topological polar surface area (TPSA) is 38.3 Å². The normalized spacial score (nSPS) is 10.5. The number of amides is 1. The van der Waals surface area contributed by atoms with Crippen molar-refractivity contribution in [3.63, 3.8) is 0 Å². The van der Waals surface area contributed by atoms with Crippen molar-refractivity contribution in [1.82, 2.24) is 0 Å². The first-order valence-electron chi connectivity index (χ1n) is 5.18. The molecule has 16 heavy (non-hydrogen) atoms. The summed E-state index contributed by atoms with van der Waals surface area (Å²) in [5.74, 6) is -0.116. The summed E-state index contributed by atoms with van der Waals surface area (Å²) in [6.45, 7) is 3.91. The van der Waals surface area contributed by atoms with Crippen LogP contribution in [0, 0.1) is 0 Å². The Morgan fingerprint density at radius 2 is 2.12 bits per heavy atom. The Balaban J connectivity index is 2.55. The number of para-hydroxylation sites is 1. The molecule has 0 fully saturated rings. The van der Waals surface area contributed by atoms with Crippen molar-refractivity contribution in [1.29, 1.82) is 0 Å². The summed E-state index contributed by atoms with van der Waals surface area (Å²) in [7, 11) is 0. The molecule has 0 bridgehead atoms. The Hall–Kier alpha value is -1.00. The first-order valence-corrected chi connectivity index (χ1v) is 6.40. The Kier molecular flexibility index (Phi) is 5.35. The Morgan fingerprint density at radius 1 is 1.44 bits per heavy atom. The second-order valence-corrected chi connectivity index (χ2v) is 4.46. The van der Waals surface area contributed by atoms with Crippen LogP contribution in [0.5, 0.6) is 0 Å². The Bertz CT molecular complexity index is 353. The van der Waals surface area contributed by atoms with E-state index in [1.54, 1.807) is 11.8 Å². The van der Waals surface area contributed by atoms with E-state index in [-0.39, 0.29) is 18.6 Å². The number of rotatable bonds is 5. The Labute approximate surface area is 101 Å². The molecule has 0 aliphatic heterocycles. The molecule has 1 N–H and O–H groups in total. The second kappa shape index (κ2) is 6.55. The largest absolute Gasteiger partial charge is 0.369 e. The zero-order chi connectivity index (χ0) is 12.0. The number of carbonyl (C=O) groups is 1. The van der Waals surface area contributed by atoms with Gasteiger partial charge in [-0.25, -0.2) is 0 Å². The van der Waals surface area contributed by atoms with Gasteiger partial charge in [-0.3, -0.25) is 4.79 Å². The molecule has 1 amide bonds. The van der Waals surface area contributed by atoms with Gasteiger partial charge in [-0.2, -0.15) is 0 Å². The number of nitrogens with one attached hydrogen (secondary N) is 1. The summed E-state index contributed by atoms with van der Waals surface area (Å²) in [4.78, 5) is 12.6. The fourth-order valence-electron chi connectivity index (χ4n) is 1.18. The van der Waals surface area contributed by atoms with E-state index in [0.717, 1.165) is 10.6 Å². The third-order valence-electron chi connectivity index (χ3n) is 1.93. The minimum Gasteiger partial charge on any atom is -0.369 e. The lowest BCUT2D eigenvalue weighted by molar-refractivity contribution is -0.121. The summed E-state index contributed by atoms with van der Waals surface area (Å²) in [5.41, 5.74) is 0.840. The van der Waals surface area contributed by atoms with Gasteiger partial charge in [-0.1, -0.05) is 12.1 Å². The number of benzene rings is 1. The van der Waals surface area contributed by atoms with Crippen molar-refractivity contribution in [3.05, 3.63) is 24.3 Å². The highest BCUT2D eigenvalue weighted by Gasteiger charge is 2.06. The van der Waals surface area contributed by atoms with Gasteiger partial charge >= 0.3 is 0 Å². The van der Waals surface area contributed by atoms with Gasteiger partial charge in [0.2, 0.25) is 5.91 Å². The quantitative estimate of drug-likeness (QED) is 0.803. The molecular formula is C12H17NO2S. The lowest BCUT2D eigenvalue weighted by Gasteiger charge is -2.10. The zero-order valence-electron chi connectivity index (χ0n) is 9.82. The molecule has 0 spiro atoms. The van der Waals surface area contributed by atoms with Crippen LogP contribution >= 0.6 is 11.8 Å². The summed E-state index contributed by atoms with van der Waals surface area (Å²) < 4.78 is 5.23. The third kappa shape index (κ3) is 4.24. The summed E-state index contributed by atoms with van der Waals surface area (Å²) >= 11 is 1.61. The van der Waals surface area contributed by atoms with Gasteiger partial charge in [-0.05, 0) is 32.2 Å². The van der Waals surface area contributed by atoms with Gasteiger partial charge in [-0.15, -0.1) is 11.8 Å². The SMILES string of the molecule is CSc1ccccc1NC(=O)COC(C)C. The molecule has 4 heteroatoms. The number of anilines is 1. The van der Waals surface area contributed by atoms with Crippen LogP contribution in [0.25, 0.3) is 0 Å². The van der Waals surface area contributed by atoms with Crippen LogP contribution < -0.4 is 5.32 Å². The fraction of sp³-hybridized carbons (Fsp3) is 0.417. The van der Waals surface area contributed by atoms with Gasteiger partial charge < -0.3 is 10.1 Å². The van der Waals surface area contributed by atoms with E-state index in [1.165, 1.54) is 0 Å². The molecule has 1 aromatic carbocycles. The van der Waals surface area contributed by atoms with Crippen LogP contribution in [0.2, 0.25) is 0 Å². The van der Waals surface area contributed by atoms with Gasteiger partial charge in [0, 0.05) is 4.90 Å². The monoisotopic (exact) mass is 239 g/mol. The van der Waals surface area contributed by atoms with Crippen LogP contribution in [-0.2, 0) is 9.53 Å². The van der Waals surface area contributed by atoms with Crippen LogP contribution in [0.4, 0.5) is 5.69 Å². The molecule has 0 saturated heterocycles. The molecule has 0 atom stereocenters. The molecule has 88 valence electrons. The number of hydrogen-bond donors (Lipinski definition) is 1. The maximum atomic E-state index is 11.5. The van der Waals surface area contributed by atoms with E-state index in [2.05, 4.69) is 5.32 Å². The predicted molar refractivity (Wildman–Crippen MR) is 67.9 cm³/mol. The molecule has 0 unspecified atom stereocenters. The minimum atomic E-state index is -0.116. The van der Waals surface area contributed by atoms with Crippen molar-refractivity contribution in [2.75, 3.05) is 18.2 Å². The standard InChI is InChI=1S/C12H17NO2S/c1-9(2)15-8-12(14)13-10-6-4-5-7-11(10)16-3/h4-7,9H,8H2,1-3H3,(H,13,14). The van der Waals surface area contributed by atoms with Gasteiger partial charge in [0.1, 0.15) is 6.61 Å². The van der Waals surface area contributed by atoms with Crippen molar-refractivity contribution in [2.24, 2.45) is 0 Å². The van der Waals surface area contributed by atoms with E-state index in [9.17, 15) is 4.79 Å². The smallest absolute Gasteiger partial charge is 0.250 e. The van der Waals surface area contributed by atoms with Crippen LogP contribution in [0.1, 0.15) is 13.8 Å². The number of ether oxygens (including phenoxy) is 1. The first-order chi connectivity index (χ1) is 7.63. The van der Waals surface area contributed by atoms with Crippen LogP contribution in [0.15, 0.2) is 29.2 Å². The van der Waals surface area contributed by atoms with Crippen molar-refractivity contribution < 1.29 is 9.53 Å². The van der Waals surface area contributed by atoms with Crippen molar-refractivity contribution in [2.45, 2.75) is 24.8 Å². The molecular weight excluding hydrogens is 222 g/mol. The van der Waals surface area contributed by atoms with E-state index < -0.39 is 0 Å². The predicted octanol–water partition coefficient (Wildman–Crippen LogP) is 2.77. The lowest BCUT2D eigenvalue weighted by atomic mass is 10.3. The Morgan fingerprint density at radius 3 is 2.75 bits per heavy atom. The molecule has 0 saturated carbocycles. The highest BCUT2D eigenvalue weighted by Crippen LogP contribution is 2.24. The molecule has 0 aliphatic carbocycles. The number of thioether (sulfide) groups is 1. The third-order valence-corrected chi connectivity index (χ3v) is 2.72. The van der Waals surface area contributed by atoms with E-state index in [1.807, 2.05) is 44.4 Å². The number of carbonyl (C=O) groups excluding carboxylic acids is 1. The molecule has 0 radical (unpaired) electrons. The van der Waals surface area contributed by atoms with Crippen molar-refractivity contribution >= 4 is 23.4 Å². The summed E-state index contributed by atoms with van der Waals surface area (Å²) in [6, 6.07) is 7.72. The molecule has 0 aliphatic rings. The average molecular weight is 239 g/mol. The lowest BCUT2D eigenvalue weighted by Crippen LogP contribution is -2.20. The molecule has 0 heterocycles. The first kappa shape index (κ1) is 13.1. The molecule has 3 nitrogen and oxygen atoms in total. The second-order valence-electron chi connectivity index (χ2n) is 3.61. The van der Waals surface area contributed by atoms with Crippen LogP contribution in [0.3, 0.4) is 0 Å². The minimum absolute atomic E-state index is 0.0709. The van der Waals surface area contributed by atoms with Gasteiger partial charge in [0.05, 0.1) is 11.8 Å².